The summed E-state index contributed by atoms with van der Waals surface area (Å²) in [5.74, 6) is 0. The molecule has 0 N–H and O–H groups in total. The molecule has 0 radical (unpaired) electrons. The first-order valence-corrected chi connectivity index (χ1v) is 2.19. The number of nitrogens with zero attached hydrogens (tertiary/aromatic N) is 4. The van der Waals surface area contributed by atoms with Crippen molar-refractivity contribution in [2.45, 2.75) is 0 Å². The van der Waals surface area contributed by atoms with E-state index in [1.165, 1.54) is 0 Å². The van der Waals surface area contributed by atoms with Gasteiger partial charge in [-0.3, -0.25) is 0 Å². The standard InChI is InChI=1S/4NO3.2Th/c4*2-1(3)4;;/q4*-1;2*+2. The average molecular weight is 712 g/mol. The molecule has 18 heavy (non-hydrogen) atoms. The summed E-state index contributed by atoms with van der Waals surface area (Å²) in [4.78, 5) is 33.0. The van der Waals surface area contributed by atoms with Crippen LogP contribution in [0, 0.1) is 141 Å². The van der Waals surface area contributed by atoms with Gasteiger partial charge in [0.25, 0.3) is 0 Å². The Morgan fingerprint density at radius 2 is 0.389 bits per heavy atom. The molecule has 0 rings (SSSR count). The van der Waals surface area contributed by atoms with Gasteiger partial charge in [-0.05, 0) is 0 Å². The zero-order valence-electron chi connectivity index (χ0n) is 7.69. The van der Waals surface area contributed by atoms with Gasteiger partial charge >= 0.3 is 79.9 Å². The van der Waals surface area contributed by atoms with Crippen molar-refractivity contribution in [2.75, 3.05) is 0 Å². The van der Waals surface area contributed by atoms with Crippen LogP contribution >= 0.6 is 0 Å². The van der Waals surface area contributed by atoms with E-state index < -0.39 is 20.3 Å². The zero-order chi connectivity index (χ0) is 14.3. The van der Waals surface area contributed by atoms with Gasteiger partial charge in [-0.2, -0.15) is 0 Å². The third-order valence-electron chi connectivity index (χ3n) is 0. The molecule has 0 aliphatic heterocycles. The molecule has 0 saturated carbocycles. The second kappa shape index (κ2) is 30.0. The summed E-state index contributed by atoms with van der Waals surface area (Å²) in [6, 6.07) is 0. The van der Waals surface area contributed by atoms with E-state index in [1.54, 1.807) is 0 Å². The fraction of sp³-hybridized carbons (Fsp3) is 0. The molecular weight excluding hydrogens is 712 g/mol. The van der Waals surface area contributed by atoms with Gasteiger partial charge in [0.1, 0.15) is 0 Å². The Hall–Kier alpha value is -0.551. The summed E-state index contributed by atoms with van der Waals surface area (Å²) in [6.07, 6.45) is 0. The third kappa shape index (κ3) is 10600. The van der Waals surface area contributed by atoms with Crippen LogP contribution in [0.4, 0.5) is 0 Å². The second-order valence-electron chi connectivity index (χ2n) is 0.894. The van der Waals surface area contributed by atoms with Crippen LogP contribution in [0.3, 0.4) is 0 Å². The average Bonchev–Trinajstić information content (AvgIpc) is 1.76. The van der Waals surface area contributed by atoms with Crippen LogP contribution in [-0.2, 0) is 0 Å². The third-order valence-corrected chi connectivity index (χ3v) is 0. The van der Waals surface area contributed by atoms with Crippen LogP contribution in [0.25, 0.3) is 0 Å². The first-order chi connectivity index (χ1) is 6.93. The summed E-state index contributed by atoms with van der Waals surface area (Å²) in [7, 11) is 0. The molecule has 0 spiro atoms. The monoisotopic (exact) mass is 712 g/mol. The number of hydrogen-bond donors (Lipinski definition) is 0. The minimum absolute atomic E-state index is 0. The van der Waals surface area contributed by atoms with Crippen molar-refractivity contribution in [1.29, 1.82) is 0 Å². The molecule has 18 heteroatoms. The van der Waals surface area contributed by atoms with Crippen molar-refractivity contribution < 1.29 is 100 Å². The van der Waals surface area contributed by atoms with E-state index in [4.69, 9.17) is 61.3 Å². The Morgan fingerprint density at radius 1 is 0.389 bits per heavy atom. The molecular formula is N4O12Th2. The van der Waals surface area contributed by atoms with Gasteiger partial charge in [-0.1, -0.05) is 0 Å². The number of rotatable bonds is 0. The molecule has 0 unspecified atom stereocenters. The molecule has 100 valence electrons. The molecule has 0 fully saturated rings. The van der Waals surface area contributed by atoms with E-state index in [0.717, 1.165) is 0 Å². The van der Waals surface area contributed by atoms with E-state index in [1.807, 2.05) is 0 Å². The summed E-state index contributed by atoms with van der Waals surface area (Å²) in [5.41, 5.74) is 0. The fourth-order valence-corrected chi connectivity index (χ4v) is 0. The van der Waals surface area contributed by atoms with E-state index in [-0.39, 0.29) is 79.9 Å². The Bertz CT molecular complexity index is 162. The van der Waals surface area contributed by atoms with Crippen molar-refractivity contribution >= 4 is 0 Å². The molecule has 0 atom stereocenters. The molecule has 0 bridgehead atoms. The molecule has 0 aliphatic carbocycles. The number of hydrogen-bond acceptors (Lipinski definition) is 12. The molecule has 0 aromatic carbocycles. The zero-order valence-corrected chi connectivity index (χ0v) is 15.9. The van der Waals surface area contributed by atoms with Gasteiger partial charge in [0.2, 0.25) is 0 Å². The van der Waals surface area contributed by atoms with Gasteiger partial charge in [0.15, 0.2) is 0 Å². The van der Waals surface area contributed by atoms with Gasteiger partial charge in [-0.15, -0.1) is 0 Å². The molecule has 0 aromatic heterocycles. The minimum Gasteiger partial charge on any atom is -0.356 e. The van der Waals surface area contributed by atoms with Crippen LogP contribution in [0.1, 0.15) is 0 Å². The van der Waals surface area contributed by atoms with Gasteiger partial charge < -0.3 is 61.3 Å². The minimum atomic E-state index is -1.75. The molecule has 0 amide bonds. The van der Waals surface area contributed by atoms with Crippen LogP contribution in [0.5, 0.6) is 0 Å². The second-order valence-corrected chi connectivity index (χ2v) is 0.894. The van der Waals surface area contributed by atoms with Crippen LogP contribution in [0.15, 0.2) is 0 Å². The largest absolute Gasteiger partial charge is 2.00 e. The quantitative estimate of drug-likeness (QED) is 0.217. The SMILES string of the molecule is O=[N+]([O-])[O-].O=[N+]([O-])[O-].O=[N+]([O-])[O-].O=[N+]([O-])[O-].[Th+2].[Th+2]. The Kier molecular flexibility index (Phi) is 59.9. The molecule has 0 aliphatic rings. The van der Waals surface area contributed by atoms with Crippen LogP contribution in [-0.4, -0.2) is 20.3 Å². The normalized spacial score (nSPS) is 5.33. The van der Waals surface area contributed by atoms with E-state index in [2.05, 4.69) is 0 Å². The summed E-state index contributed by atoms with van der Waals surface area (Å²) in [5, 5.41) is 59.0. The van der Waals surface area contributed by atoms with Crippen LogP contribution in [0.2, 0.25) is 0 Å². The first-order valence-electron chi connectivity index (χ1n) is 2.19. The molecule has 0 aromatic rings. The van der Waals surface area contributed by atoms with E-state index in [9.17, 15) is 0 Å². The first kappa shape index (κ1) is 36.0. The van der Waals surface area contributed by atoms with Gasteiger partial charge in [0.05, 0.1) is 20.3 Å². The molecule has 0 saturated heterocycles. The Balaban J connectivity index is -0.0000000257. The van der Waals surface area contributed by atoms with Crippen molar-refractivity contribution in [2.24, 2.45) is 0 Å². The van der Waals surface area contributed by atoms with Gasteiger partial charge in [0, 0.05) is 0 Å². The summed E-state index contributed by atoms with van der Waals surface area (Å²) < 4.78 is 0. The van der Waals surface area contributed by atoms with E-state index >= 15 is 0 Å². The fourth-order valence-electron chi connectivity index (χ4n) is 0. The predicted molar refractivity (Wildman–Crippen MR) is 41.4 cm³/mol. The predicted octanol–water partition coefficient (Wildman–Crippen LogP) is -0.956. The summed E-state index contributed by atoms with van der Waals surface area (Å²) in [6.45, 7) is 0. The maximum Gasteiger partial charge on any atom is 2.00 e. The smallest absolute Gasteiger partial charge is 0.356 e. The van der Waals surface area contributed by atoms with Crippen molar-refractivity contribution in [3.8, 4) is 0 Å². The summed E-state index contributed by atoms with van der Waals surface area (Å²) >= 11 is 0. The van der Waals surface area contributed by atoms with Crippen molar-refractivity contribution in [1.82, 2.24) is 0 Å². The Labute approximate surface area is 159 Å². The topological polar surface area (TPSA) is 265 Å². The van der Waals surface area contributed by atoms with E-state index in [0.29, 0.717) is 0 Å². The van der Waals surface area contributed by atoms with Crippen molar-refractivity contribution in [3.05, 3.63) is 61.3 Å². The van der Waals surface area contributed by atoms with Crippen LogP contribution < -0.4 is 0 Å². The molecule has 16 nitrogen and oxygen atoms in total. The maximum atomic E-state index is 8.25. The van der Waals surface area contributed by atoms with Crippen molar-refractivity contribution in [3.63, 3.8) is 0 Å². The molecule has 0 heterocycles. The Morgan fingerprint density at radius 3 is 0.389 bits per heavy atom. The van der Waals surface area contributed by atoms with Gasteiger partial charge in [-0.25, -0.2) is 0 Å². The maximum absolute atomic E-state index is 8.25.